The number of piperazine rings is 1. The van der Waals surface area contributed by atoms with Crippen LogP contribution in [0.15, 0.2) is 0 Å². The van der Waals surface area contributed by atoms with Crippen LogP contribution in [0.1, 0.15) is 13.3 Å². The van der Waals surface area contributed by atoms with E-state index in [0.29, 0.717) is 45.7 Å². The number of rotatable bonds is 6. The second-order valence-corrected chi connectivity index (χ2v) is 4.58. The minimum Gasteiger partial charge on any atom is -0.480 e. The number of aliphatic carboxylic acids is 1. The van der Waals surface area contributed by atoms with E-state index in [1.807, 2.05) is 15.9 Å². The Bertz CT molecular complexity index is 358. The number of amides is 1. The number of carboxylic acids is 1. The van der Waals surface area contributed by atoms with Gasteiger partial charge in [0.1, 0.15) is 6.04 Å². The molecule has 0 saturated carbocycles. The van der Waals surface area contributed by atoms with Crippen molar-refractivity contribution in [3.63, 3.8) is 0 Å². The lowest BCUT2D eigenvalue weighted by atomic mass is 10.2. The molecule has 1 unspecified atom stereocenters. The molecule has 1 aliphatic rings. The smallest absolute Gasteiger partial charge is 0.320 e. The van der Waals surface area contributed by atoms with Crippen molar-refractivity contribution in [3.05, 3.63) is 0 Å². The molecule has 7 nitrogen and oxygen atoms in total. The van der Waals surface area contributed by atoms with E-state index in [-0.39, 0.29) is 5.91 Å². The van der Waals surface area contributed by atoms with Gasteiger partial charge >= 0.3 is 5.97 Å². The topological polar surface area (TPSA) is 96.7 Å². The predicted octanol–water partition coefficient (Wildman–Crippen LogP) is -0.893. The van der Waals surface area contributed by atoms with Crippen molar-refractivity contribution in [1.82, 2.24) is 15.1 Å². The summed E-state index contributed by atoms with van der Waals surface area (Å²) in [4.78, 5) is 26.3. The predicted molar refractivity (Wildman–Crippen MR) is 68.4 cm³/mol. The van der Waals surface area contributed by atoms with Gasteiger partial charge in [-0.25, -0.2) is 0 Å². The molecule has 1 fully saturated rings. The summed E-state index contributed by atoms with van der Waals surface area (Å²) in [7, 11) is 0. The molecule has 1 amide bonds. The average molecular weight is 268 g/mol. The fraction of sp³-hybridized carbons (Fsp3) is 0.750. The highest BCUT2D eigenvalue weighted by Gasteiger charge is 2.25. The van der Waals surface area contributed by atoms with Crippen LogP contribution in [-0.4, -0.2) is 72.1 Å². The van der Waals surface area contributed by atoms with Crippen LogP contribution < -0.4 is 5.32 Å². The Hall–Kier alpha value is -1.65. The summed E-state index contributed by atoms with van der Waals surface area (Å²) in [6.07, 6.45) is 0.315. The summed E-state index contributed by atoms with van der Waals surface area (Å²) in [5.74, 6) is -0.905. The number of nitrogens with zero attached hydrogens (tertiary/aromatic N) is 3. The van der Waals surface area contributed by atoms with Gasteiger partial charge in [0.2, 0.25) is 5.91 Å². The quantitative estimate of drug-likeness (QED) is 0.606. The van der Waals surface area contributed by atoms with Crippen molar-refractivity contribution in [2.45, 2.75) is 19.4 Å². The maximum Gasteiger partial charge on any atom is 0.320 e. The molecule has 19 heavy (non-hydrogen) atoms. The van der Waals surface area contributed by atoms with Gasteiger partial charge in [-0.2, -0.15) is 5.26 Å². The van der Waals surface area contributed by atoms with Crippen molar-refractivity contribution in [3.8, 4) is 6.07 Å². The minimum absolute atomic E-state index is 0.0880. The molecule has 0 aliphatic carbocycles. The van der Waals surface area contributed by atoms with E-state index in [4.69, 9.17) is 10.4 Å². The molecule has 1 rings (SSSR count). The first kappa shape index (κ1) is 15.4. The van der Waals surface area contributed by atoms with Crippen molar-refractivity contribution in [2.24, 2.45) is 0 Å². The molecule has 1 aliphatic heterocycles. The number of nitrogens with one attached hydrogen (secondary N) is 1. The maximum atomic E-state index is 11.5. The van der Waals surface area contributed by atoms with Gasteiger partial charge in [0.25, 0.3) is 0 Å². The highest BCUT2D eigenvalue weighted by molar-refractivity contribution is 5.78. The van der Waals surface area contributed by atoms with Crippen molar-refractivity contribution < 1.29 is 14.7 Å². The first-order valence-corrected chi connectivity index (χ1v) is 6.37. The minimum atomic E-state index is -0.817. The Kier molecular flexibility index (Phi) is 6.25. The third-order valence-electron chi connectivity index (χ3n) is 3.24. The number of hydrogen-bond acceptors (Lipinski definition) is 5. The Balaban J connectivity index is 2.25. The number of nitriles is 1. The first-order chi connectivity index (χ1) is 9.04. The number of carboxylic acid groups (broad SMARTS) is 1. The largest absolute Gasteiger partial charge is 0.480 e. The van der Waals surface area contributed by atoms with Crippen molar-refractivity contribution >= 4 is 11.9 Å². The summed E-state index contributed by atoms with van der Waals surface area (Å²) in [6, 6.07) is 1.48. The van der Waals surface area contributed by atoms with Crippen molar-refractivity contribution in [1.29, 1.82) is 5.26 Å². The van der Waals surface area contributed by atoms with Crippen molar-refractivity contribution in [2.75, 3.05) is 39.3 Å². The molecule has 0 aromatic carbocycles. The number of carbonyl (C=O) groups is 2. The SMILES string of the molecule is CC(C(=O)O)N1CCN(CC(=O)NCCC#N)CC1. The lowest BCUT2D eigenvalue weighted by molar-refractivity contribution is -0.143. The third kappa shape index (κ3) is 5.24. The summed E-state index contributed by atoms with van der Waals surface area (Å²) in [5, 5.41) is 20.0. The third-order valence-corrected chi connectivity index (χ3v) is 3.24. The Morgan fingerprint density at radius 2 is 2.00 bits per heavy atom. The van der Waals surface area contributed by atoms with Gasteiger partial charge in [-0.05, 0) is 6.92 Å². The van der Waals surface area contributed by atoms with Gasteiger partial charge in [-0.15, -0.1) is 0 Å². The van der Waals surface area contributed by atoms with Gasteiger partial charge in [-0.1, -0.05) is 0 Å². The molecule has 0 spiro atoms. The van der Waals surface area contributed by atoms with E-state index < -0.39 is 12.0 Å². The fourth-order valence-electron chi connectivity index (χ4n) is 1.98. The van der Waals surface area contributed by atoms with Crippen LogP contribution in [0.25, 0.3) is 0 Å². The zero-order valence-electron chi connectivity index (χ0n) is 11.1. The Labute approximate surface area is 112 Å². The van der Waals surface area contributed by atoms with E-state index in [9.17, 15) is 9.59 Å². The second kappa shape index (κ2) is 7.71. The lowest BCUT2D eigenvalue weighted by Crippen LogP contribution is -2.53. The lowest BCUT2D eigenvalue weighted by Gasteiger charge is -2.36. The van der Waals surface area contributed by atoms with E-state index in [1.165, 1.54) is 0 Å². The van der Waals surface area contributed by atoms with Crippen LogP contribution in [0.5, 0.6) is 0 Å². The summed E-state index contributed by atoms with van der Waals surface area (Å²) in [5.41, 5.74) is 0. The molecule has 1 atom stereocenters. The van der Waals surface area contributed by atoms with E-state index in [2.05, 4.69) is 5.32 Å². The zero-order chi connectivity index (χ0) is 14.3. The Morgan fingerprint density at radius 3 is 2.53 bits per heavy atom. The number of carbonyl (C=O) groups excluding carboxylic acids is 1. The van der Waals surface area contributed by atoms with Gasteiger partial charge in [0.15, 0.2) is 0 Å². The molecule has 106 valence electrons. The van der Waals surface area contributed by atoms with E-state index in [1.54, 1.807) is 6.92 Å². The molecular formula is C12H20N4O3. The summed E-state index contributed by atoms with van der Waals surface area (Å²) < 4.78 is 0. The maximum absolute atomic E-state index is 11.5. The van der Waals surface area contributed by atoms with E-state index in [0.717, 1.165) is 0 Å². The zero-order valence-corrected chi connectivity index (χ0v) is 11.1. The summed E-state index contributed by atoms with van der Waals surface area (Å²) in [6.45, 7) is 5.03. The van der Waals surface area contributed by atoms with Crippen LogP contribution in [-0.2, 0) is 9.59 Å². The van der Waals surface area contributed by atoms with Gasteiger partial charge in [0.05, 0.1) is 19.0 Å². The highest BCUT2D eigenvalue weighted by Crippen LogP contribution is 2.06. The second-order valence-electron chi connectivity index (χ2n) is 4.58. The van der Waals surface area contributed by atoms with Crippen LogP contribution in [0.4, 0.5) is 0 Å². The monoisotopic (exact) mass is 268 g/mol. The van der Waals surface area contributed by atoms with Gasteiger partial charge < -0.3 is 10.4 Å². The summed E-state index contributed by atoms with van der Waals surface area (Å²) >= 11 is 0. The molecule has 2 N–H and O–H groups in total. The van der Waals surface area contributed by atoms with Crippen LogP contribution in [0.2, 0.25) is 0 Å². The standard InChI is InChI=1S/C12H20N4O3/c1-10(12(18)19)16-7-5-15(6-8-16)9-11(17)14-4-2-3-13/h10H,2,4-9H2,1H3,(H,14,17)(H,18,19). The molecule has 7 heteroatoms. The molecule has 0 radical (unpaired) electrons. The molecule has 1 heterocycles. The normalized spacial score (nSPS) is 18.5. The highest BCUT2D eigenvalue weighted by atomic mass is 16.4. The first-order valence-electron chi connectivity index (χ1n) is 6.37. The van der Waals surface area contributed by atoms with Gasteiger partial charge in [-0.3, -0.25) is 19.4 Å². The van der Waals surface area contributed by atoms with Crippen LogP contribution in [0.3, 0.4) is 0 Å². The van der Waals surface area contributed by atoms with Crippen LogP contribution >= 0.6 is 0 Å². The van der Waals surface area contributed by atoms with E-state index >= 15 is 0 Å². The Morgan fingerprint density at radius 1 is 1.37 bits per heavy atom. The number of hydrogen-bond donors (Lipinski definition) is 2. The average Bonchev–Trinajstić information content (AvgIpc) is 2.39. The fourth-order valence-corrected chi connectivity index (χ4v) is 1.98. The molecule has 1 saturated heterocycles. The molecule has 0 aromatic heterocycles. The van der Waals surface area contributed by atoms with Gasteiger partial charge in [0, 0.05) is 32.7 Å². The van der Waals surface area contributed by atoms with Crippen LogP contribution in [0, 0.1) is 11.3 Å². The molecule has 0 bridgehead atoms. The molecular weight excluding hydrogens is 248 g/mol. The molecule has 0 aromatic rings.